The third-order valence-corrected chi connectivity index (χ3v) is 7.87. The normalized spacial score (nSPS) is 24.6. The summed E-state index contributed by atoms with van der Waals surface area (Å²) in [6.45, 7) is 4.29. The third kappa shape index (κ3) is 5.59. The first kappa shape index (κ1) is 23.6. The summed E-state index contributed by atoms with van der Waals surface area (Å²) in [5.74, 6) is 0.183. The lowest BCUT2D eigenvalue weighted by atomic mass is 10.0. The number of hydrogen-bond acceptors (Lipinski definition) is 6. The van der Waals surface area contributed by atoms with Gasteiger partial charge in [0.15, 0.2) is 0 Å². The lowest BCUT2D eigenvalue weighted by molar-refractivity contribution is -0.132. The van der Waals surface area contributed by atoms with Crippen LogP contribution in [-0.4, -0.2) is 85.0 Å². The average molecular weight is 497 g/mol. The van der Waals surface area contributed by atoms with Crippen LogP contribution in [0, 0.1) is 0 Å². The predicted octanol–water partition coefficient (Wildman–Crippen LogP) is 1.94. The van der Waals surface area contributed by atoms with Crippen molar-refractivity contribution < 1.29 is 14.4 Å². The molecule has 0 radical (unpaired) electrons. The zero-order valence-electron chi connectivity index (χ0n) is 19.7. The van der Waals surface area contributed by atoms with Gasteiger partial charge in [-0.1, -0.05) is 18.2 Å². The molecule has 3 aliphatic rings. The maximum absolute atomic E-state index is 12.9. The lowest BCUT2D eigenvalue weighted by Crippen LogP contribution is -2.58. The number of carbonyl (C=O) groups excluding carboxylic acids is 3. The minimum absolute atomic E-state index is 0.00662. The Hall–Kier alpha value is -3.11. The van der Waals surface area contributed by atoms with E-state index in [-0.39, 0.29) is 36.0 Å². The van der Waals surface area contributed by atoms with E-state index >= 15 is 0 Å². The Labute approximate surface area is 209 Å². The van der Waals surface area contributed by atoms with Crippen LogP contribution in [0.1, 0.15) is 19.3 Å². The number of rotatable bonds is 6. The summed E-state index contributed by atoms with van der Waals surface area (Å²) in [6.07, 6.45) is 1.74. The highest BCUT2D eigenvalue weighted by molar-refractivity contribution is 7.08. The highest BCUT2D eigenvalue weighted by atomic mass is 32.1. The Morgan fingerprint density at radius 2 is 1.89 bits per heavy atom. The van der Waals surface area contributed by atoms with Crippen LogP contribution < -0.4 is 20.9 Å². The van der Waals surface area contributed by atoms with E-state index in [0.717, 1.165) is 31.9 Å². The molecule has 35 heavy (non-hydrogen) atoms. The number of urea groups is 1. The van der Waals surface area contributed by atoms with Gasteiger partial charge in [-0.2, -0.15) is 11.3 Å². The van der Waals surface area contributed by atoms with Crippen LogP contribution in [0.5, 0.6) is 0 Å². The van der Waals surface area contributed by atoms with Crippen molar-refractivity contribution in [3.63, 3.8) is 0 Å². The average Bonchev–Trinajstić information content (AvgIpc) is 3.54. The van der Waals surface area contributed by atoms with Crippen LogP contribution in [-0.2, 0) is 9.59 Å². The monoisotopic (exact) mass is 496 g/mol. The van der Waals surface area contributed by atoms with Crippen LogP contribution in [0.4, 0.5) is 16.2 Å². The van der Waals surface area contributed by atoms with Gasteiger partial charge in [-0.05, 0) is 36.4 Å². The summed E-state index contributed by atoms with van der Waals surface area (Å²) in [5.41, 5.74) is 1.96. The molecular formula is C25H32N6O3S. The number of nitrogens with one attached hydrogen (secondary N) is 3. The molecule has 3 atom stereocenters. The van der Waals surface area contributed by atoms with Crippen molar-refractivity contribution in [2.75, 3.05) is 49.5 Å². The van der Waals surface area contributed by atoms with E-state index in [1.807, 2.05) is 39.9 Å². The molecule has 0 saturated carbocycles. The van der Waals surface area contributed by atoms with Crippen molar-refractivity contribution in [1.29, 1.82) is 0 Å². The molecule has 0 bridgehead atoms. The molecule has 3 aliphatic heterocycles. The second-order valence-electron chi connectivity index (χ2n) is 9.40. The molecule has 2 aromatic rings. The molecule has 9 nitrogen and oxygen atoms in total. The Bertz CT molecular complexity index is 1030. The van der Waals surface area contributed by atoms with Gasteiger partial charge in [0.25, 0.3) is 0 Å². The van der Waals surface area contributed by atoms with E-state index in [1.165, 1.54) is 17.0 Å². The molecule has 3 N–H and O–H groups in total. The van der Waals surface area contributed by atoms with Crippen LogP contribution in [0.15, 0.2) is 47.2 Å². The van der Waals surface area contributed by atoms with Gasteiger partial charge < -0.3 is 25.8 Å². The number of fused-ring (bicyclic) bond motifs is 1. The summed E-state index contributed by atoms with van der Waals surface area (Å²) in [6, 6.07) is 11.6. The van der Waals surface area contributed by atoms with Gasteiger partial charge in [0, 0.05) is 68.8 Å². The summed E-state index contributed by atoms with van der Waals surface area (Å²) in [4.78, 5) is 44.2. The summed E-state index contributed by atoms with van der Waals surface area (Å²) >= 11 is 1.52. The fourth-order valence-electron chi connectivity index (χ4n) is 5.34. The third-order valence-electron chi connectivity index (χ3n) is 7.18. The van der Waals surface area contributed by atoms with Crippen molar-refractivity contribution >= 4 is 40.6 Å². The van der Waals surface area contributed by atoms with E-state index in [2.05, 4.69) is 37.9 Å². The second kappa shape index (κ2) is 10.7. The molecule has 1 aromatic heterocycles. The van der Waals surface area contributed by atoms with Crippen LogP contribution >= 0.6 is 11.3 Å². The molecule has 4 heterocycles. The number of amides is 4. The highest BCUT2D eigenvalue weighted by Gasteiger charge is 2.44. The lowest BCUT2D eigenvalue weighted by Gasteiger charge is -2.38. The maximum Gasteiger partial charge on any atom is 0.319 e. The van der Waals surface area contributed by atoms with Gasteiger partial charge in [-0.3, -0.25) is 14.5 Å². The molecule has 186 valence electrons. The van der Waals surface area contributed by atoms with E-state index in [4.69, 9.17) is 0 Å². The molecule has 5 rings (SSSR count). The van der Waals surface area contributed by atoms with Gasteiger partial charge >= 0.3 is 6.03 Å². The summed E-state index contributed by atoms with van der Waals surface area (Å²) < 4.78 is 0. The number of para-hydroxylation sites is 1. The number of anilines is 2. The van der Waals surface area contributed by atoms with Crippen molar-refractivity contribution in [2.24, 2.45) is 0 Å². The fraction of sp³-hybridized carbons (Fsp3) is 0.480. The first-order chi connectivity index (χ1) is 17.1. The Morgan fingerprint density at radius 3 is 2.63 bits per heavy atom. The maximum atomic E-state index is 12.9. The van der Waals surface area contributed by atoms with Gasteiger partial charge in [-0.25, -0.2) is 4.79 Å². The highest BCUT2D eigenvalue weighted by Crippen LogP contribution is 2.26. The van der Waals surface area contributed by atoms with Gasteiger partial charge in [0.2, 0.25) is 11.8 Å². The minimum Gasteiger partial charge on any atom is -0.368 e. The zero-order chi connectivity index (χ0) is 24.2. The Kier molecular flexibility index (Phi) is 7.19. The Balaban J connectivity index is 1.10. The number of carbonyl (C=O) groups is 3. The van der Waals surface area contributed by atoms with Gasteiger partial charge in [-0.15, -0.1) is 0 Å². The molecule has 3 saturated heterocycles. The largest absolute Gasteiger partial charge is 0.368 e. The first-order valence-corrected chi connectivity index (χ1v) is 13.2. The van der Waals surface area contributed by atoms with E-state index in [0.29, 0.717) is 32.4 Å². The van der Waals surface area contributed by atoms with E-state index in [1.54, 1.807) is 0 Å². The molecule has 0 aliphatic carbocycles. The van der Waals surface area contributed by atoms with Crippen LogP contribution in [0.25, 0.3) is 0 Å². The predicted molar refractivity (Wildman–Crippen MR) is 137 cm³/mol. The molecule has 0 spiro atoms. The summed E-state index contributed by atoms with van der Waals surface area (Å²) in [5, 5.41) is 12.6. The van der Waals surface area contributed by atoms with Crippen molar-refractivity contribution in [1.82, 2.24) is 20.4 Å². The number of hydrogen-bond donors (Lipinski definition) is 3. The number of thiophene rings is 1. The van der Waals surface area contributed by atoms with Crippen molar-refractivity contribution in [2.45, 2.75) is 37.4 Å². The minimum atomic E-state index is -0.260. The Morgan fingerprint density at radius 1 is 1.09 bits per heavy atom. The SMILES string of the molecule is O=C(Nc1ccsc1)N[C@H]1C[C@H]2C(=O)NC[C@@H](CCC(=O)N3CCN(c4ccccc4)CC3)N2C1. The molecule has 1 aromatic carbocycles. The molecule has 10 heteroatoms. The molecular weight excluding hydrogens is 464 g/mol. The molecule has 0 unspecified atom stereocenters. The summed E-state index contributed by atoms with van der Waals surface area (Å²) in [7, 11) is 0. The topological polar surface area (TPSA) is 97.0 Å². The second-order valence-corrected chi connectivity index (χ2v) is 10.2. The fourth-order valence-corrected chi connectivity index (χ4v) is 5.93. The smallest absolute Gasteiger partial charge is 0.319 e. The quantitative estimate of drug-likeness (QED) is 0.568. The van der Waals surface area contributed by atoms with E-state index < -0.39 is 0 Å². The van der Waals surface area contributed by atoms with Crippen LogP contribution in [0.2, 0.25) is 0 Å². The van der Waals surface area contributed by atoms with Crippen molar-refractivity contribution in [3.05, 3.63) is 47.2 Å². The number of benzene rings is 1. The molecule has 4 amide bonds. The van der Waals surface area contributed by atoms with Gasteiger partial charge in [0.1, 0.15) is 0 Å². The number of piperazine rings is 2. The van der Waals surface area contributed by atoms with Crippen LogP contribution in [0.3, 0.4) is 0 Å². The standard InChI is InChI=1S/C25H32N6O3S/c32-23(30-11-9-29(10-12-30)20-4-2-1-3-5-20)7-6-21-15-26-24(33)22-14-19(16-31(21)22)28-25(34)27-18-8-13-35-17-18/h1-5,8,13,17,19,21-22H,6-7,9-12,14-16H2,(H,26,33)(H2,27,28,34)/t19-,21+,22-/m0/s1. The number of nitrogens with zero attached hydrogens (tertiary/aromatic N) is 3. The van der Waals surface area contributed by atoms with E-state index in [9.17, 15) is 14.4 Å². The molecule has 3 fully saturated rings. The van der Waals surface area contributed by atoms with Crippen molar-refractivity contribution in [3.8, 4) is 0 Å². The zero-order valence-corrected chi connectivity index (χ0v) is 20.5. The first-order valence-electron chi connectivity index (χ1n) is 12.3. The van der Waals surface area contributed by atoms with Gasteiger partial charge in [0.05, 0.1) is 11.7 Å².